The first-order valence-electron chi connectivity index (χ1n) is 6.20. The van der Waals surface area contributed by atoms with Crippen LogP contribution in [0.15, 0.2) is 0 Å². The second-order valence-electron chi connectivity index (χ2n) is 4.75. The van der Waals surface area contributed by atoms with E-state index in [1.165, 1.54) is 19.3 Å². The van der Waals surface area contributed by atoms with Gasteiger partial charge in [0.05, 0.1) is 5.75 Å². The summed E-state index contributed by atoms with van der Waals surface area (Å²) in [7, 11) is -3.82. The Kier molecular flexibility index (Phi) is 5.72. The van der Waals surface area contributed by atoms with Crippen molar-refractivity contribution in [2.45, 2.75) is 51.5 Å². The van der Waals surface area contributed by atoms with Gasteiger partial charge in [-0.2, -0.15) is 8.42 Å². The van der Waals surface area contributed by atoms with Crippen LogP contribution in [0.1, 0.15) is 45.4 Å². The van der Waals surface area contributed by atoms with Crippen LogP contribution in [0, 0.1) is 5.92 Å². The second kappa shape index (κ2) is 6.57. The Hall–Kier alpha value is -0.130. The van der Waals surface area contributed by atoms with E-state index >= 15 is 0 Å². The molecule has 1 aliphatic carbocycles. The lowest BCUT2D eigenvalue weighted by Gasteiger charge is -2.17. The highest BCUT2D eigenvalue weighted by molar-refractivity contribution is 7.85. The quantitative estimate of drug-likeness (QED) is 0.612. The normalized spacial score (nSPS) is 18.6. The van der Waals surface area contributed by atoms with Gasteiger partial charge in [-0.25, -0.2) is 0 Å². The molecule has 0 amide bonds. The monoisotopic (exact) mass is 249 g/mol. The Labute approximate surface area is 98.6 Å². The summed E-state index contributed by atoms with van der Waals surface area (Å²) in [6.07, 6.45) is 7.30. The molecule has 0 aromatic heterocycles. The molecule has 16 heavy (non-hydrogen) atoms. The van der Waals surface area contributed by atoms with Crippen LogP contribution < -0.4 is 5.32 Å². The summed E-state index contributed by atoms with van der Waals surface area (Å²) in [5.41, 5.74) is 0. The van der Waals surface area contributed by atoms with Crippen LogP contribution in [-0.2, 0) is 10.1 Å². The van der Waals surface area contributed by atoms with Crippen molar-refractivity contribution in [1.82, 2.24) is 5.32 Å². The highest BCUT2D eigenvalue weighted by atomic mass is 32.2. The molecule has 1 aliphatic rings. The summed E-state index contributed by atoms with van der Waals surface area (Å²) in [6, 6.07) is 0.410. The van der Waals surface area contributed by atoms with Crippen molar-refractivity contribution >= 4 is 10.1 Å². The summed E-state index contributed by atoms with van der Waals surface area (Å²) >= 11 is 0. The molecule has 1 fully saturated rings. The van der Waals surface area contributed by atoms with Gasteiger partial charge in [-0.15, -0.1) is 0 Å². The van der Waals surface area contributed by atoms with Gasteiger partial charge in [-0.05, 0) is 25.2 Å². The van der Waals surface area contributed by atoms with Gasteiger partial charge < -0.3 is 5.32 Å². The second-order valence-corrected chi connectivity index (χ2v) is 6.32. The molecule has 4 nitrogen and oxygen atoms in total. The summed E-state index contributed by atoms with van der Waals surface area (Å²) in [5.74, 6) is 0.735. The summed E-state index contributed by atoms with van der Waals surface area (Å²) in [5, 5.41) is 3.22. The van der Waals surface area contributed by atoms with E-state index in [2.05, 4.69) is 12.2 Å². The van der Waals surface area contributed by atoms with E-state index in [9.17, 15) is 8.42 Å². The fourth-order valence-electron chi connectivity index (χ4n) is 1.93. The maximum atomic E-state index is 10.6. The molecule has 0 aromatic carbocycles. The van der Waals surface area contributed by atoms with Gasteiger partial charge in [-0.3, -0.25) is 4.55 Å². The molecule has 96 valence electrons. The lowest BCUT2D eigenvalue weighted by atomic mass is 10.0. The largest absolute Gasteiger partial charge is 0.313 e. The first-order valence-corrected chi connectivity index (χ1v) is 7.80. The predicted molar refractivity (Wildman–Crippen MR) is 65.1 cm³/mol. The van der Waals surface area contributed by atoms with E-state index in [0.29, 0.717) is 12.6 Å². The average molecular weight is 249 g/mol. The summed E-state index contributed by atoms with van der Waals surface area (Å²) in [4.78, 5) is 0. The Morgan fingerprint density at radius 3 is 2.56 bits per heavy atom. The van der Waals surface area contributed by atoms with Gasteiger partial charge in [0.2, 0.25) is 0 Å². The van der Waals surface area contributed by atoms with E-state index < -0.39 is 10.1 Å². The molecule has 1 saturated carbocycles. The van der Waals surface area contributed by atoms with Crippen LogP contribution in [0.3, 0.4) is 0 Å². The van der Waals surface area contributed by atoms with Crippen molar-refractivity contribution in [2.24, 2.45) is 5.92 Å². The fraction of sp³-hybridized carbons (Fsp3) is 1.00. The van der Waals surface area contributed by atoms with E-state index in [1.54, 1.807) is 0 Å². The molecule has 0 aliphatic heterocycles. The van der Waals surface area contributed by atoms with Crippen molar-refractivity contribution in [3.63, 3.8) is 0 Å². The third-order valence-corrected chi connectivity index (χ3v) is 3.77. The van der Waals surface area contributed by atoms with E-state index in [4.69, 9.17) is 4.55 Å². The molecule has 5 heteroatoms. The molecular weight excluding hydrogens is 226 g/mol. The first kappa shape index (κ1) is 13.9. The Morgan fingerprint density at radius 2 is 2.06 bits per heavy atom. The van der Waals surface area contributed by atoms with Crippen LogP contribution in [0.2, 0.25) is 0 Å². The molecule has 0 spiro atoms. The fourth-order valence-corrected chi connectivity index (χ4v) is 2.31. The Morgan fingerprint density at radius 1 is 1.38 bits per heavy atom. The van der Waals surface area contributed by atoms with Crippen molar-refractivity contribution < 1.29 is 13.0 Å². The number of hydrogen-bond donors (Lipinski definition) is 2. The number of hydrogen-bond acceptors (Lipinski definition) is 3. The van der Waals surface area contributed by atoms with Crippen molar-refractivity contribution in [1.29, 1.82) is 0 Å². The smallest absolute Gasteiger partial charge is 0.266 e. The number of rotatable bonds is 9. The Bertz CT molecular complexity index is 286. The molecule has 0 bridgehead atoms. The predicted octanol–water partition coefficient (Wildman–Crippen LogP) is 1.82. The van der Waals surface area contributed by atoms with Crippen molar-refractivity contribution in [3.8, 4) is 0 Å². The summed E-state index contributed by atoms with van der Waals surface area (Å²) < 4.78 is 29.7. The van der Waals surface area contributed by atoms with Gasteiger partial charge in [0.15, 0.2) is 0 Å². The van der Waals surface area contributed by atoms with Crippen LogP contribution in [0.25, 0.3) is 0 Å². The van der Waals surface area contributed by atoms with Crippen LogP contribution >= 0.6 is 0 Å². The van der Waals surface area contributed by atoms with Gasteiger partial charge in [0.25, 0.3) is 10.1 Å². The lowest BCUT2D eigenvalue weighted by Crippen LogP contribution is -2.33. The van der Waals surface area contributed by atoms with Gasteiger partial charge in [-0.1, -0.05) is 26.2 Å². The zero-order chi connectivity index (χ0) is 12.0. The molecule has 0 radical (unpaired) electrons. The molecule has 1 atom stereocenters. The van der Waals surface area contributed by atoms with E-state index in [1.807, 2.05) is 0 Å². The third kappa shape index (κ3) is 7.19. The minimum absolute atomic E-state index is 0.184. The molecule has 0 heterocycles. The molecule has 1 unspecified atom stereocenters. The van der Waals surface area contributed by atoms with Crippen LogP contribution in [0.5, 0.6) is 0 Å². The summed E-state index contributed by atoms with van der Waals surface area (Å²) in [6.45, 7) is 2.49. The topological polar surface area (TPSA) is 66.4 Å². The van der Waals surface area contributed by atoms with Gasteiger partial charge in [0.1, 0.15) is 0 Å². The van der Waals surface area contributed by atoms with Crippen LogP contribution in [0.4, 0.5) is 0 Å². The first-order chi connectivity index (χ1) is 7.51. The minimum Gasteiger partial charge on any atom is -0.313 e. The van der Waals surface area contributed by atoms with Crippen molar-refractivity contribution in [3.05, 3.63) is 0 Å². The van der Waals surface area contributed by atoms with Gasteiger partial charge in [0, 0.05) is 12.6 Å². The maximum absolute atomic E-state index is 10.6. The van der Waals surface area contributed by atoms with Gasteiger partial charge >= 0.3 is 0 Å². The van der Waals surface area contributed by atoms with E-state index in [0.717, 1.165) is 25.2 Å². The highest BCUT2D eigenvalue weighted by Crippen LogP contribution is 2.34. The zero-order valence-electron chi connectivity index (χ0n) is 9.98. The third-order valence-electron chi connectivity index (χ3n) is 3.05. The maximum Gasteiger partial charge on any atom is 0.266 e. The standard InChI is InChI=1S/C11H23NO3S/c1-2-3-11(7-6-10-4-5-10)12-8-9-16(13,14)15/h10-12H,2-9H2,1H3,(H,13,14,15). The molecular formula is C11H23NO3S. The molecule has 2 N–H and O–H groups in total. The number of nitrogens with one attached hydrogen (secondary N) is 1. The molecule has 0 aromatic rings. The SMILES string of the molecule is CCCC(CCC1CC1)NCCS(=O)(=O)O. The lowest BCUT2D eigenvalue weighted by molar-refractivity contribution is 0.430. The highest BCUT2D eigenvalue weighted by Gasteiger charge is 2.22. The van der Waals surface area contributed by atoms with Crippen LogP contribution in [-0.4, -0.2) is 31.3 Å². The van der Waals surface area contributed by atoms with E-state index in [-0.39, 0.29) is 5.75 Å². The van der Waals surface area contributed by atoms with Crippen molar-refractivity contribution in [2.75, 3.05) is 12.3 Å². The average Bonchev–Trinajstić information content (AvgIpc) is 2.95. The molecule has 0 saturated heterocycles. The molecule has 1 rings (SSSR count). The Balaban J connectivity index is 2.15. The zero-order valence-corrected chi connectivity index (χ0v) is 10.8. The minimum atomic E-state index is -3.82.